The van der Waals surface area contributed by atoms with Crippen molar-refractivity contribution in [1.82, 2.24) is 10.2 Å². The summed E-state index contributed by atoms with van der Waals surface area (Å²) in [5.41, 5.74) is 5.82. The summed E-state index contributed by atoms with van der Waals surface area (Å²) in [5.74, 6) is 0.464. The fraction of sp³-hybridized carbons (Fsp3) is 0.160. The number of hydrogen-bond acceptors (Lipinski definition) is 5. The standard InChI is InChI=1S/C25H22N2O2S/c1-16-7-11-19(12-8-16)22(28)23(20-13-9-17(2)10-14-20)30-25-27-26-24(29-25)21-6-4-5-18(3)15-21/h4-15,23H,1-3H3/t23-/m1/s1. The van der Waals surface area contributed by atoms with Crippen LogP contribution in [-0.2, 0) is 0 Å². The molecule has 4 rings (SSSR count). The molecule has 0 aliphatic heterocycles. The molecule has 0 amide bonds. The average molecular weight is 415 g/mol. The minimum Gasteiger partial charge on any atom is -0.411 e. The third-order valence-corrected chi connectivity index (χ3v) is 5.93. The van der Waals surface area contributed by atoms with Gasteiger partial charge in [-0.25, -0.2) is 0 Å². The Balaban J connectivity index is 1.65. The molecule has 5 heteroatoms. The zero-order valence-corrected chi connectivity index (χ0v) is 17.9. The predicted molar refractivity (Wildman–Crippen MR) is 120 cm³/mol. The van der Waals surface area contributed by atoms with E-state index in [1.54, 1.807) is 0 Å². The molecule has 0 aliphatic carbocycles. The summed E-state index contributed by atoms with van der Waals surface area (Å²) in [5, 5.41) is 8.27. The Morgan fingerprint density at radius 1 is 0.833 bits per heavy atom. The molecule has 0 bridgehead atoms. The summed E-state index contributed by atoms with van der Waals surface area (Å²) in [6.07, 6.45) is 0. The summed E-state index contributed by atoms with van der Waals surface area (Å²) in [6, 6.07) is 23.5. The molecule has 0 aliphatic rings. The van der Waals surface area contributed by atoms with Crippen molar-refractivity contribution in [3.63, 3.8) is 0 Å². The summed E-state index contributed by atoms with van der Waals surface area (Å²) in [7, 11) is 0. The van der Waals surface area contributed by atoms with Crippen LogP contribution in [0.15, 0.2) is 82.4 Å². The Kier molecular flexibility index (Phi) is 5.81. The van der Waals surface area contributed by atoms with Gasteiger partial charge < -0.3 is 4.42 Å². The van der Waals surface area contributed by atoms with Crippen molar-refractivity contribution in [3.8, 4) is 11.5 Å². The molecule has 3 aromatic carbocycles. The molecule has 30 heavy (non-hydrogen) atoms. The highest BCUT2D eigenvalue weighted by Crippen LogP contribution is 2.38. The smallest absolute Gasteiger partial charge is 0.277 e. The quantitative estimate of drug-likeness (QED) is 0.271. The van der Waals surface area contributed by atoms with E-state index in [0.29, 0.717) is 16.7 Å². The zero-order chi connectivity index (χ0) is 21.1. The van der Waals surface area contributed by atoms with Crippen LogP contribution in [0.4, 0.5) is 0 Å². The van der Waals surface area contributed by atoms with Crippen LogP contribution in [0.1, 0.15) is 37.9 Å². The van der Waals surface area contributed by atoms with Gasteiger partial charge in [-0.05, 0) is 50.2 Å². The topological polar surface area (TPSA) is 56.0 Å². The highest BCUT2D eigenvalue weighted by atomic mass is 32.2. The van der Waals surface area contributed by atoms with E-state index >= 15 is 0 Å². The summed E-state index contributed by atoms with van der Waals surface area (Å²) >= 11 is 1.28. The number of carbonyl (C=O) groups is 1. The summed E-state index contributed by atoms with van der Waals surface area (Å²) < 4.78 is 5.89. The van der Waals surface area contributed by atoms with Gasteiger partial charge in [-0.15, -0.1) is 10.2 Å². The molecule has 1 heterocycles. The first-order valence-corrected chi connectivity index (χ1v) is 10.6. The molecule has 0 spiro atoms. The Hall–Kier alpha value is -3.18. The number of aryl methyl sites for hydroxylation is 3. The van der Waals surface area contributed by atoms with Gasteiger partial charge >= 0.3 is 0 Å². The Labute approximate surface area is 180 Å². The molecule has 150 valence electrons. The van der Waals surface area contributed by atoms with Crippen molar-refractivity contribution in [2.45, 2.75) is 31.2 Å². The van der Waals surface area contributed by atoms with Gasteiger partial charge in [-0.2, -0.15) is 0 Å². The molecule has 1 atom stereocenters. The molecule has 4 aromatic rings. The van der Waals surface area contributed by atoms with E-state index in [4.69, 9.17) is 4.42 Å². The third-order valence-electron chi connectivity index (χ3n) is 4.84. The van der Waals surface area contributed by atoms with Crippen molar-refractivity contribution < 1.29 is 9.21 Å². The van der Waals surface area contributed by atoms with E-state index in [9.17, 15) is 4.79 Å². The van der Waals surface area contributed by atoms with E-state index in [1.165, 1.54) is 11.8 Å². The first-order valence-electron chi connectivity index (χ1n) is 9.74. The second kappa shape index (κ2) is 8.67. The van der Waals surface area contributed by atoms with Gasteiger partial charge in [0.2, 0.25) is 5.89 Å². The lowest BCUT2D eigenvalue weighted by Crippen LogP contribution is -2.10. The zero-order valence-electron chi connectivity index (χ0n) is 17.1. The second-order valence-corrected chi connectivity index (χ2v) is 8.44. The fourth-order valence-corrected chi connectivity index (χ4v) is 4.09. The van der Waals surface area contributed by atoms with E-state index in [1.807, 2.05) is 93.6 Å². The minimum absolute atomic E-state index is 0.0131. The van der Waals surface area contributed by atoms with Crippen LogP contribution >= 0.6 is 11.8 Å². The van der Waals surface area contributed by atoms with Crippen LogP contribution in [0.25, 0.3) is 11.5 Å². The molecule has 0 saturated heterocycles. The lowest BCUT2D eigenvalue weighted by molar-refractivity contribution is 0.0989. The number of carbonyl (C=O) groups excluding carboxylic acids is 1. The van der Waals surface area contributed by atoms with Gasteiger partial charge in [0.25, 0.3) is 5.22 Å². The van der Waals surface area contributed by atoms with Crippen LogP contribution in [-0.4, -0.2) is 16.0 Å². The maximum absolute atomic E-state index is 13.4. The first-order chi connectivity index (χ1) is 14.5. The number of nitrogens with zero attached hydrogens (tertiary/aromatic N) is 2. The summed E-state index contributed by atoms with van der Waals surface area (Å²) in [6.45, 7) is 6.05. The Morgan fingerprint density at radius 3 is 2.17 bits per heavy atom. The van der Waals surface area contributed by atoms with E-state index in [0.717, 1.165) is 27.8 Å². The lowest BCUT2D eigenvalue weighted by Gasteiger charge is -2.14. The largest absolute Gasteiger partial charge is 0.411 e. The number of hydrogen-bond donors (Lipinski definition) is 0. The molecule has 0 N–H and O–H groups in total. The molecular weight excluding hydrogens is 392 g/mol. The number of ketones is 1. The van der Waals surface area contributed by atoms with Crippen molar-refractivity contribution in [2.24, 2.45) is 0 Å². The normalized spacial score (nSPS) is 12.0. The SMILES string of the molecule is Cc1ccc(C(=O)[C@H](Sc2nnc(-c3cccc(C)c3)o2)c2ccc(C)cc2)cc1. The van der Waals surface area contributed by atoms with Gasteiger partial charge in [0.1, 0.15) is 5.25 Å². The van der Waals surface area contributed by atoms with Crippen LogP contribution < -0.4 is 0 Å². The summed E-state index contributed by atoms with van der Waals surface area (Å²) in [4.78, 5) is 13.4. The lowest BCUT2D eigenvalue weighted by atomic mass is 10.0. The van der Waals surface area contributed by atoms with Gasteiger partial charge in [0, 0.05) is 11.1 Å². The van der Waals surface area contributed by atoms with E-state index in [2.05, 4.69) is 10.2 Å². The molecule has 0 fully saturated rings. The van der Waals surface area contributed by atoms with E-state index in [-0.39, 0.29) is 5.78 Å². The Bertz CT molecular complexity index is 1160. The van der Waals surface area contributed by atoms with Gasteiger partial charge in [0.15, 0.2) is 5.78 Å². The predicted octanol–water partition coefficient (Wildman–Crippen LogP) is 6.38. The molecule has 0 radical (unpaired) electrons. The maximum atomic E-state index is 13.4. The Morgan fingerprint density at radius 2 is 1.50 bits per heavy atom. The van der Waals surface area contributed by atoms with Gasteiger partial charge in [-0.1, -0.05) is 77.4 Å². The highest BCUT2D eigenvalue weighted by Gasteiger charge is 2.26. The van der Waals surface area contributed by atoms with Crippen LogP contribution in [0.5, 0.6) is 0 Å². The number of Topliss-reactive ketones (excluding diaryl/α,β-unsaturated/α-hetero) is 1. The second-order valence-electron chi connectivity index (χ2n) is 7.38. The van der Waals surface area contributed by atoms with Crippen molar-refractivity contribution in [3.05, 3.63) is 101 Å². The highest BCUT2D eigenvalue weighted by molar-refractivity contribution is 8.00. The van der Waals surface area contributed by atoms with E-state index < -0.39 is 5.25 Å². The molecule has 0 saturated carbocycles. The first kappa shape index (κ1) is 20.1. The maximum Gasteiger partial charge on any atom is 0.277 e. The number of thioether (sulfide) groups is 1. The fourth-order valence-electron chi connectivity index (χ4n) is 3.14. The number of aromatic nitrogens is 2. The average Bonchev–Trinajstić information content (AvgIpc) is 3.22. The minimum atomic E-state index is -0.473. The van der Waals surface area contributed by atoms with Gasteiger partial charge in [0.05, 0.1) is 0 Å². The van der Waals surface area contributed by atoms with Crippen molar-refractivity contribution >= 4 is 17.5 Å². The molecule has 4 nitrogen and oxygen atoms in total. The van der Waals surface area contributed by atoms with Crippen LogP contribution in [0, 0.1) is 20.8 Å². The number of benzene rings is 3. The molecular formula is C25H22N2O2S. The van der Waals surface area contributed by atoms with Crippen molar-refractivity contribution in [1.29, 1.82) is 0 Å². The molecule has 1 aromatic heterocycles. The number of rotatable bonds is 6. The third kappa shape index (κ3) is 4.52. The van der Waals surface area contributed by atoms with Crippen LogP contribution in [0.2, 0.25) is 0 Å². The van der Waals surface area contributed by atoms with Crippen LogP contribution in [0.3, 0.4) is 0 Å². The molecule has 0 unspecified atom stereocenters. The van der Waals surface area contributed by atoms with Gasteiger partial charge in [-0.3, -0.25) is 4.79 Å². The monoisotopic (exact) mass is 414 g/mol. The van der Waals surface area contributed by atoms with Crippen molar-refractivity contribution in [2.75, 3.05) is 0 Å².